The van der Waals surface area contributed by atoms with E-state index in [1.54, 1.807) is 7.11 Å². The highest BCUT2D eigenvalue weighted by Gasteiger charge is 2.25. The molecule has 1 fully saturated rings. The number of ether oxygens (including phenoxy) is 1. The van der Waals surface area contributed by atoms with Gasteiger partial charge in [-0.3, -0.25) is 9.69 Å². The lowest BCUT2D eigenvalue weighted by Crippen LogP contribution is -2.50. The molecule has 1 aliphatic heterocycles. The Kier molecular flexibility index (Phi) is 6.47. The summed E-state index contributed by atoms with van der Waals surface area (Å²) in [6.45, 7) is 4.70. The van der Waals surface area contributed by atoms with Crippen LogP contribution in [0, 0.1) is 0 Å². The van der Waals surface area contributed by atoms with E-state index >= 15 is 0 Å². The Labute approximate surface area is 103 Å². The Hall–Kier alpha value is -0.650. The minimum atomic E-state index is -0.285. The predicted octanol–water partition coefficient (Wildman–Crippen LogP) is -0.0157. The van der Waals surface area contributed by atoms with Crippen molar-refractivity contribution in [1.82, 2.24) is 10.2 Å². The summed E-state index contributed by atoms with van der Waals surface area (Å²) in [5.41, 5.74) is 0. The average Bonchev–Trinajstić information content (AvgIpc) is 2.33. The number of likely N-dealkylation sites (tertiary alicyclic amines) is 1. The van der Waals surface area contributed by atoms with Crippen LogP contribution in [0.15, 0.2) is 0 Å². The average molecular weight is 244 g/mol. The van der Waals surface area contributed by atoms with Crippen LogP contribution < -0.4 is 5.32 Å². The molecule has 17 heavy (non-hydrogen) atoms. The van der Waals surface area contributed by atoms with Crippen molar-refractivity contribution in [3.8, 4) is 0 Å². The third-order valence-electron chi connectivity index (χ3n) is 3.18. The van der Waals surface area contributed by atoms with Crippen LogP contribution in [-0.2, 0) is 9.53 Å². The van der Waals surface area contributed by atoms with Crippen LogP contribution in [0.5, 0.6) is 0 Å². The van der Waals surface area contributed by atoms with Gasteiger partial charge >= 0.3 is 0 Å². The van der Waals surface area contributed by atoms with Crippen molar-refractivity contribution < 1.29 is 14.6 Å². The second kappa shape index (κ2) is 7.63. The van der Waals surface area contributed by atoms with Gasteiger partial charge in [-0.1, -0.05) is 0 Å². The molecule has 2 N–H and O–H groups in total. The lowest BCUT2D eigenvalue weighted by atomic mass is 10.1. The smallest absolute Gasteiger partial charge is 0.237 e. The van der Waals surface area contributed by atoms with Gasteiger partial charge in [0, 0.05) is 26.8 Å². The number of carbonyl (C=O) groups is 1. The van der Waals surface area contributed by atoms with Gasteiger partial charge in [-0.2, -0.15) is 0 Å². The SMILES string of the molecule is COCCCNC(=O)C(C)N1CCC[C@H](O)C1. The second-order valence-electron chi connectivity index (χ2n) is 4.60. The van der Waals surface area contributed by atoms with Gasteiger partial charge in [0.2, 0.25) is 5.91 Å². The van der Waals surface area contributed by atoms with Crippen LogP contribution in [-0.4, -0.2) is 61.4 Å². The summed E-state index contributed by atoms with van der Waals surface area (Å²) in [4.78, 5) is 13.9. The van der Waals surface area contributed by atoms with E-state index in [4.69, 9.17) is 4.74 Å². The van der Waals surface area contributed by atoms with Gasteiger partial charge in [0.1, 0.15) is 0 Å². The van der Waals surface area contributed by atoms with E-state index in [0.29, 0.717) is 19.7 Å². The molecule has 0 aromatic heterocycles. The summed E-state index contributed by atoms with van der Waals surface area (Å²) in [7, 11) is 1.65. The quantitative estimate of drug-likeness (QED) is 0.645. The lowest BCUT2D eigenvalue weighted by Gasteiger charge is -2.33. The third kappa shape index (κ3) is 5.02. The highest BCUT2D eigenvalue weighted by molar-refractivity contribution is 5.81. The number of aliphatic hydroxyl groups is 1. The summed E-state index contributed by atoms with van der Waals surface area (Å²) in [5.74, 6) is 0.0372. The van der Waals surface area contributed by atoms with Gasteiger partial charge in [0.15, 0.2) is 0 Å². The molecule has 0 aromatic rings. The molecule has 1 rings (SSSR count). The van der Waals surface area contributed by atoms with E-state index in [-0.39, 0.29) is 18.1 Å². The number of carbonyl (C=O) groups excluding carboxylic acids is 1. The maximum Gasteiger partial charge on any atom is 0.237 e. The van der Waals surface area contributed by atoms with E-state index in [1.807, 2.05) is 11.8 Å². The fourth-order valence-electron chi connectivity index (χ4n) is 2.08. The Morgan fingerprint density at radius 1 is 1.65 bits per heavy atom. The number of hydrogen-bond donors (Lipinski definition) is 2. The molecule has 1 aliphatic rings. The largest absolute Gasteiger partial charge is 0.392 e. The van der Waals surface area contributed by atoms with Crippen molar-refractivity contribution in [2.45, 2.75) is 38.3 Å². The molecule has 5 heteroatoms. The highest BCUT2D eigenvalue weighted by Crippen LogP contribution is 2.12. The maximum absolute atomic E-state index is 11.8. The first-order valence-electron chi connectivity index (χ1n) is 6.34. The minimum absolute atomic E-state index is 0.0372. The van der Waals surface area contributed by atoms with Crippen LogP contribution in [0.1, 0.15) is 26.2 Å². The monoisotopic (exact) mass is 244 g/mol. The predicted molar refractivity (Wildman–Crippen MR) is 65.8 cm³/mol. The van der Waals surface area contributed by atoms with Gasteiger partial charge in [0.05, 0.1) is 12.1 Å². The normalized spacial score (nSPS) is 23.4. The third-order valence-corrected chi connectivity index (χ3v) is 3.18. The van der Waals surface area contributed by atoms with E-state index in [0.717, 1.165) is 25.8 Å². The molecule has 2 atom stereocenters. The van der Waals surface area contributed by atoms with Crippen molar-refractivity contribution in [3.05, 3.63) is 0 Å². The Morgan fingerprint density at radius 2 is 2.41 bits per heavy atom. The highest BCUT2D eigenvalue weighted by atomic mass is 16.5. The van der Waals surface area contributed by atoms with Crippen molar-refractivity contribution in [3.63, 3.8) is 0 Å². The number of hydrogen-bond acceptors (Lipinski definition) is 4. The maximum atomic E-state index is 11.8. The number of nitrogens with one attached hydrogen (secondary N) is 1. The van der Waals surface area contributed by atoms with Crippen molar-refractivity contribution >= 4 is 5.91 Å². The zero-order valence-electron chi connectivity index (χ0n) is 10.8. The van der Waals surface area contributed by atoms with E-state index in [1.165, 1.54) is 0 Å². The van der Waals surface area contributed by atoms with Gasteiger partial charge in [-0.15, -0.1) is 0 Å². The lowest BCUT2D eigenvalue weighted by molar-refractivity contribution is -0.127. The number of piperidine rings is 1. The molecule has 0 spiro atoms. The molecule has 1 amide bonds. The van der Waals surface area contributed by atoms with E-state index < -0.39 is 0 Å². The number of aliphatic hydroxyl groups excluding tert-OH is 1. The molecule has 0 saturated carbocycles. The van der Waals surface area contributed by atoms with Crippen LogP contribution in [0.3, 0.4) is 0 Å². The Morgan fingerprint density at radius 3 is 3.06 bits per heavy atom. The summed E-state index contributed by atoms with van der Waals surface area (Å²) < 4.78 is 4.92. The van der Waals surface area contributed by atoms with Gasteiger partial charge in [-0.25, -0.2) is 0 Å². The number of rotatable bonds is 6. The minimum Gasteiger partial charge on any atom is -0.392 e. The molecule has 1 saturated heterocycles. The molecule has 0 bridgehead atoms. The molecule has 1 heterocycles. The van der Waals surface area contributed by atoms with E-state index in [2.05, 4.69) is 5.32 Å². The number of β-amino-alcohol motifs (C(OH)–C–C–N with tert-alkyl or cyclic N) is 1. The molecule has 1 unspecified atom stereocenters. The van der Waals surface area contributed by atoms with Gasteiger partial charge < -0.3 is 15.2 Å². The zero-order chi connectivity index (χ0) is 12.7. The van der Waals surface area contributed by atoms with Crippen LogP contribution >= 0.6 is 0 Å². The Bertz CT molecular complexity index is 236. The number of methoxy groups -OCH3 is 1. The summed E-state index contributed by atoms with van der Waals surface area (Å²) in [6, 6.07) is -0.160. The first-order chi connectivity index (χ1) is 8.15. The fraction of sp³-hybridized carbons (Fsp3) is 0.917. The van der Waals surface area contributed by atoms with Gasteiger partial charge in [-0.05, 0) is 32.7 Å². The van der Waals surface area contributed by atoms with Crippen molar-refractivity contribution in [2.24, 2.45) is 0 Å². The standard InChI is InChI=1S/C12H24N2O3/c1-10(12(16)13-6-4-8-17-2)14-7-3-5-11(15)9-14/h10-11,15H,3-9H2,1-2H3,(H,13,16)/t10?,11-/m0/s1. The summed E-state index contributed by atoms with van der Waals surface area (Å²) in [6.07, 6.45) is 2.35. The van der Waals surface area contributed by atoms with Crippen molar-refractivity contribution in [1.29, 1.82) is 0 Å². The summed E-state index contributed by atoms with van der Waals surface area (Å²) >= 11 is 0. The topological polar surface area (TPSA) is 61.8 Å². The molecular formula is C12H24N2O3. The van der Waals surface area contributed by atoms with Crippen LogP contribution in [0.2, 0.25) is 0 Å². The first-order valence-corrected chi connectivity index (χ1v) is 6.34. The molecule has 0 aromatic carbocycles. The summed E-state index contributed by atoms with van der Waals surface area (Å²) in [5, 5.41) is 12.5. The second-order valence-corrected chi connectivity index (χ2v) is 4.60. The van der Waals surface area contributed by atoms with E-state index in [9.17, 15) is 9.90 Å². The fourth-order valence-corrected chi connectivity index (χ4v) is 2.08. The van der Waals surface area contributed by atoms with Gasteiger partial charge in [0.25, 0.3) is 0 Å². The number of amides is 1. The zero-order valence-corrected chi connectivity index (χ0v) is 10.8. The van der Waals surface area contributed by atoms with Crippen LogP contribution in [0.4, 0.5) is 0 Å². The Balaban J connectivity index is 2.25. The first kappa shape index (κ1) is 14.4. The molecule has 0 radical (unpaired) electrons. The molecule has 5 nitrogen and oxygen atoms in total. The molecular weight excluding hydrogens is 220 g/mol. The van der Waals surface area contributed by atoms with Crippen molar-refractivity contribution in [2.75, 3.05) is 33.4 Å². The molecule has 0 aliphatic carbocycles. The van der Waals surface area contributed by atoms with Crippen LogP contribution in [0.25, 0.3) is 0 Å². The molecule has 100 valence electrons. The number of nitrogens with zero attached hydrogens (tertiary/aromatic N) is 1.